The highest BCUT2D eigenvalue weighted by Gasteiger charge is 2.35. The van der Waals surface area contributed by atoms with Crippen LogP contribution in [-0.4, -0.2) is 12.0 Å². The van der Waals surface area contributed by atoms with E-state index >= 15 is 0 Å². The molecule has 1 N–H and O–H groups in total. The number of ketones is 1. The van der Waals surface area contributed by atoms with Gasteiger partial charge in [-0.2, -0.15) is 5.26 Å². The second kappa shape index (κ2) is 4.23. The molecule has 4 heteroatoms. The molecule has 0 radical (unpaired) electrons. The Hall–Kier alpha value is -1.21. The van der Waals surface area contributed by atoms with E-state index in [1.807, 2.05) is 6.26 Å². The van der Waals surface area contributed by atoms with Gasteiger partial charge in [0.05, 0.1) is 16.7 Å². The summed E-state index contributed by atoms with van der Waals surface area (Å²) in [5.74, 6) is 0.191. The lowest BCUT2D eigenvalue weighted by atomic mass is 9.74. The Kier molecular flexibility index (Phi) is 3.05. The van der Waals surface area contributed by atoms with Crippen LogP contribution < -0.4 is 5.32 Å². The van der Waals surface area contributed by atoms with E-state index in [1.165, 1.54) is 11.8 Å². The van der Waals surface area contributed by atoms with Crippen molar-refractivity contribution in [3.63, 3.8) is 0 Å². The molecular formula is C13H16N2OS. The molecule has 1 aliphatic heterocycles. The number of nitrogens with zero attached hydrogens (tertiary/aromatic N) is 1. The molecule has 0 saturated carbocycles. The summed E-state index contributed by atoms with van der Waals surface area (Å²) in [6, 6.07) is 2.19. The quantitative estimate of drug-likeness (QED) is 0.775. The fraction of sp³-hybridized carbons (Fsp3) is 0.538. The molecule has 3 nitrogen and oxygen atoms in total. The number of rotatable bonds is 1. The van der Waals surface area contributed by atoms with Gasteiger partial charge in [-0.3, -0.25) is 4.79 Å². The van der Waals surface area contributed by atoms with Crippen LogP contribution in [0.25, 0.3) is 0 Å². The summed E-state index contributed by atoms with van der Waals surface area (Å²) in [6.07, 6.45) is 3.92. The van der Waals surface area contributed by atoms with Crippen LogP contribution in [0, 0.1) is 16.7 Å². The van der Waals surface area contributed by atoms with Crippen LogP contribution >= 0.6 is 11.8 Å². The summed E-state index contributed by atoms with van der Waals surface area (Å²) < 4.78 is 0. The zero-order valence-corrected chi connectivity index (χ0v) is 11.2. The lowest BCUT2D eigenvalue weighted by Gasteiger charge is -2.35. The minimum absolute atomic E-state index is 0.0244. The lowest BCUT2D eigenvalue weighted by Crippen LogP contribution is -2.33. The van der Waals surface area contributed by atoms with Crippen LogP contribution in [0.5, 0.6) is 0 Å². The molecule has 0 fully saturated rings. The minimum atomic E-state index is 0.0244. The molecule has 1 heterocycles. The molecule has 0 aromatic rings. The Morgan fingerprint density at radius 2 is 2.12 bits per heavy atom. The van der Waals surface area contributed by atoms with Crippen LogP contribution in [0.4, 0.5) is 0 Å². The van der Waals surface area contributed by atoms with Gasteiger partial charge in [-0.05, 0) is 18.1 Å². The first-order valence-electron chi connectivity index (χ1n) is 5.66. The Balaban J connectivity index is 2.35. The fourth-order valence-corrected chi connectivity index (χ4v) is 3.01. The fourth-order valence-electron chi connectivity index (χ4n) is 2.42. The van der Waals surface area contributed by atoms with Crippen molar-refractivity contribution in [3.8, 4) is 6.07 Å². The van der Waals surface area contributed by atoms with Gasteiger partial charge in [0.15, 0.2) is 5.78 Å². The first-order chi connectivity index (χ1) is 7.96. The highest BCUT2D eigenvalue weighted by atomic mass is 32.2. The van der Waals surface area contributed by atoms with Gasteiger partial charge in [-0.25, -0.2) is 0 Å². The predicted octanol–water partition coefficient (Wildman–Crippen LogP) is 2.72. The molecule has 0 atom stereocenters. The number of nitriles is 1. The normalized spacial score (nSPS) is 23.1. The van der Waals surface area contributed by atoms with Crippen molar-refractivity contribution in [1.29, 1.82) is 5.26 Å². The van der Waals surface area contributed by atoms with E-state index in [0.29, 0.717) is 18.4 Å². The summed E-state index contributed by atoms with van der Waals surface area (Å²) in [5, 5.41) is 13.2. The molecule has 17 heavy (non-hydrogen) atoms. The molecule has 90 valence electrons. The van der Waals surface area contributed by atoms with Gasteiger partial charge in [0.1, 0.15) is 0 Å². The van der Waals surface area contributed by atoms with Gasteiger partial charge in [-0.1, -0.05) is 13.8 Å². The van der Waals surface area contributed by atoms with E-state index in [1.54, 1.807) is 0 Å². The molecule has 1 aliphatic carbocycles. The average molecular weight is 248 g/mol. The van der Waals surface area contributed by atoms with Gasteiger partial charge < -0.3 is 5.32 Å². The highest BCUT2D eigenvalue weighted by molar-refractivity contribution is 8.02. The number of carbonyl (C=O) groups is 1. The van der Waals surface area contributed by atoms with Crippen LogP contribution in [0.1, 0.15) is 33.1 Å². The second-order valence-corrected chi connectivity index (χ2v) is 6.14. The van der Waals surface area contributed by atoms with E-state index in [-0.39, 0.29) is 11.2 Å². The molecule has 0 unspecified atom stereocenters. The zero-order chi connectivity index (χ0) is 12.6. The summed E-state index contributed by atoms with van der Waals surface area (Å²) in [6.45, 7) is 4.22. The van der Waals surface area contributed by atoms with Crippen molar-refractivity contribution in [2.45, 2.75) is 33.1 Å². The van der Waals surface area contributed by atoms with Crippen molar-refractivity contribution in [1.82, 2.24) is 5.32 Å². The van der Waals surface area contributed by atoms with Crippen molar-refractivity contribution in [2.75, 3.05) is 6.26 Å². The van der Waals surface area contributed by atoms with E-state index in [2.05, 4.69) is 25.2 Å². The highest BCUT2D eigenvalue weighted by Crippen LogP contribution is 2.41. The van der Waals surface area contributed by atoms with Crippen molar-refractivity contribution < 1.29 is 4.79 Å². The lowest BCUT2D eigenvalue weighted by molar-refractivity contribution is -0.118. The van der Waals surface area contributed by atoms with Crippen molar-refractivity contribution in [2.24, 2.45) is 5.41 Å². The number of thioether (sulfide) groups is 1. The van der Waals surface area contributed by atoms with E-state index in [0.717, 1.165) is 22.7 Å². The monoisotopic (exact) mass is 248 g/mol. The first kappa shape index (κ1) is 12.3. The largest absolute Gasteiger partial charge is 0.352 e. The molecule has 0 spiro atoms. The van der Waals surface area contributed by atoms with Gasteiger partial charge in [0.2, 0.25) is 0 Å². The predicted molar refractivity (Wildman–Crippen MR) is 69.0 cm³/mol. The van der Waals surface area contributed by atoms with Crippen LogP contribution in [0.15, 0.2) is 21.9 Å². The van der Waals surface area contributed by atoms with Crippen LogP contribution in [0.2, 0.25) is 0 Å². The summed E-state index contributed by atoms with van der Waals surface area (Å²) in [7, 11) is 0. The number of hydrogen-bond donors (Lipinski definition) is 1. The molecule has 0 aromatic heterocycles. The van der Waals surface area contributed by atoms with Crippen molar-refractivity contribution >= 4 is 17.5 Å². The number of Topliss-reactive ketones (excluding diaryl/α,β-unsaturated/α-hetero) is 1. The molecule has 2 rings (SSSR count). The molecule has 2 aliphatic rings. The van der Waals surface area contributed by atoms with Crippen molar-refractivity contribution in [3.05, 3.63) is 21.9 Å². The Bertz CT molecular complexity index is 480. The topological polar surface area (TPSA) is 52.9 Å². The van der Waals surface area contributed by atoms with Gasteiger partial charge in [0, 0.05) is 24.1 Å². The standard InChI is InChI=1S/C13H16N2OS/c1-13(2)5-10-9(11(16)6-13)4-8(7-14)12(15-10)17-3/h15H,4-6H2,1-3H3. The Labute approximate surface area is 106 Å². The third kappa shape index (κ3) is 2.25. The second-order valence-electron chi connectivity index (χ2n) is 5.32. The molecular weight excluding hydrogens is 232 g/mol. The van der Waals surface area contributed by atoms with E-state index in [9.17, 15) is 4.79 Å². The number of nitrogens with one attached hydrogen (secondary N) is 1. The molecule has 0 amide bonds. The summed E-state index contributed by atoms with van der Waals surface area (Å²) in [5.41, 5.74) is 2.55. The maximum Gasteiger partial charge on any atom is 0.161 e. The molecule has 0 aromatic carbocycles. The smallest absolute Gasteiger partial charge is 0.161 e. The van der Waals surface area contributed by atoms with Gasteiger partial charge in [-0.15, -0.1) is 11.8 Å². The molecule has 0 saturated heterocycles. The molecule has 0 bridgehead atoms. The van der Waals surface area contributed by atoms with Gasteiger partial charge >= 0.3 is 0 Å². The Morgan fingerprint density at radius 1 is 1.41 bits per heavy atom. The van der Waals surface area contributed by atoms with E-state index < -0.39 is 0 Å². The Morgan fingerprint density at radius 3 is 2.71 bits per heavy atom. The average Bonchev–Trinajstić information content (AvgIpc) is 2.26. The zero-order valence-electron chi connectivity index (χ0n) is 10.4. The maximum atomic E-state index is 12.1. The summed E-state index contributed by atoms with van der Waals surface area (Å²) in [4.78, 5) is 12.1. The third-order valence-corrected chi connectivity index (χ3v) is 3.98. The first-order valence-corrected chi connectivity index (χ1v) is 6.89. The SMILES string of the molecule is CSC1=C(C#N)CC2=C(CC(C)(C)CC2=O)N1. The van der Waals surface area contributed by atoms with Crippen LogP contribution in [-0.2, 0) is 4.79 Å². The van der Waals surface area contributed by atoms with Crippen LogP contribution in [0.3, 0.4) is 0 Å². The number of dihydropyridines is 1. The number of hydrogen-bond acceptors (Lipinski definition) is 4. The van der Waals surface area contributed by atoms with Gasteiger partial charge in [0.25, 0.3) is 0 Å². The minimum Gasteiger partial charge on any atom is -0.352 e. The summed E-state index contributed by atoms with van der Waals surface area (Å²) >= 11 is 1.54. The van der Waals surface area contributed by atoms with E-state index in [4.69, 9.17) is 5.26 Å². The number of carbonyl (C=O) groups excluding carboxylic acids is 1. The maximum absolute atomic E-state index is 12.1. The number of allylic oxidation sites excluding steroid dienone is 3. The third-order valence-electron chi connectivity index (χ3n) is 3.23.